The monoisotopic (exact) mass is 260 g/mol. The Morgan fingerprint density at radius 2 is 1.95 bits per heavy atom. The van der Waals surface area contributed by atoms with Crippen LogP contribution in [0.3, 0.4) is 0 Å². The van der Waals surface area contributed by atoms with E-state index in [9.17, 15) is 14.6 Å². The van der Waals surface area contributed by atoms with Crippen molar-refractivity contribution in [2.75, 3.05) is 0 Å². The predicted molar refractivity (Wildman–Crippen MR) is 67.5 cm³/mol. The van der Waals surface area contributed by atoms with Crippen LogP contribution in [0.2, 0.25) is 0 Å². The minimum Gasteiger partial charge on any atom is -0.505 e. The Labute approximate surface area is 109 Å². The summed E-state index contributed by atoms with van der Waals surface area (Å²) >= 11 is 0. The second-order valence-corrected chi connectivity index (χ2v) is 4.61. The van der Waals surface area contributed by atoms with E-state index in [1.807, 2.05) is 18.2 Å². The van der Waals surface area contributed by atoms with Gasteiger partial charge in [-0.05, 0) is 23.8 Å². The molecule has 3 rings (SSSR count). The Morgan fingerprint density at radius 3 is 2.74 bits per heavy atom. The molecule has 3 nitrogen and oxygen atoms in total. The molecule has 2 N–H and O–H groups in total. The van der Waals surface area contributed by atoms with Crippen LogP contribution in [0.5, 0.6) is 11.5 Å². The van der Waals surface area contributed by atoms with Crippen LogP contribution in [0, 0.1) is 5.82 Å². The van der Waals surface area contributed by atoms with Gasteiger partial charge in [-0.2, -0.15) is 0 Å². The van der Waals surface area contributed by atoms with E-state index in [1.54, 1.807) is 12.1 Å². The number of benzene rings is 2. The summed E-state index contributed by atoms with van der Waals surface area (Å²) in [7, 11) is 0. The van der Waals surface area contributed by atoms with Crippen molar-refractivity contribution in [3.63, 3.8) is 0 Å². The maximum atomic E-state index is 13.4. The van der Waals surface area contributed by atoms with E-state index in [1.165, 1.54) is 12.1 Å². The Morgan fingerprint density at radius 1 is 1.16 bits per heavy atom. The lowest BCUT2D eigenvalue weighted by atomic mass is 9.95. The molecule has 0 bridgehead atoms. The summed E-state index contributed by atoms with van der Waals surface area (Å²) in [5, 5.41) is 19.3. The number of para-hydroxylation sites is 1. The molecule has 1 aliphatic rings. The van der Waals surface area contributed by atoms with Crippen molar-refractivity contribution in [2.45, 2.75) is 18.6 Å². The molecule has 19 heavy (non-hydrogen) atoms. The maximum Gasteiger partial charge on any atom is 0.165 e. The Kier molecular flexibility index (Phi) is 2.87. The van der Waals surface area contributed by atoms with Gasteiger partial charge in [0.15, 0.2) is 11.6 Å². The zero-order chi connectivity index (χ0) is 13.4. The van der Waals surface area contributed by atoms with Crippen molar-refractivity contribution in [3.8, 4) is 11.5 Å². The fraction of sp³-hybridized carbons (Fsp3) is 0.200. The van der Waals surface area contributed by atoms with Gasteiger partial charge in [0.05, 0.1) is 6.10 Å². The zero-order valence-corrected chi connectivity index (χ0v) is 10.1. The summed E-state index contributed by atoms with van der Waals surface area (Å²) < 4.78 is 19.1. The van der Waals surface area contributed by atoms with Gasteiger partial charge in [-0.3, -0.25) is 0 Å². The van der Waals surface area contributed by atoms with Crippen LogP contribution in [-0.4, -0.2) is 10.2 Å². The van der Waals surface area contributed by atoms with Crippen LogP contribution >= 0.6 is 0 Å². The number of ether oxygens (including phenoxy) is 1. The molecule has 0 radical (unpaired) electrons. The Bertz CT molecular complexity index is 612. The first-order valence-electron chi connectivity index (χ1n) is 6.07. The molecule has 0 fully saturated rings. The van der Waals surface area contributed by atoms with E-state index in [0.717, 1.165) is 5.56 Å². The predicted octanol–water partition coefficient (Wildman–Crippen LogP) is 3.09. The van der Waals surface area contributed by atoms with Gasteiger partial charge in [-0.25, -0.2) is 4.39 Å². The molecule has 1 aliphatic heterocycles. The van der Waals surface area contributed by atoms with Crippen LogP contribution in [-0.2, 0) is 0 Å². The van der Waals surface area contributed by atoms with E-state index in [0.29, 0.717) is 17.7 Å². The number of hydrogen-bond donors (Lipinski definition) is 2. The van der Waals surface area contributed by atoms with Crippen molar-refractivity contribution in [1.82, 2.24) is 0 Å². The van der Waals surface area contributed by atoms with Gasteiger partial charge in [0, 0.05) is 12.0 Å². The van der Waals surface area contributed by atoms with Crippen LogP contribution in [0.4, 0.5) is 4.39 Å². The van der Waals surface area contributed by atoms with E-state index >= 15 is 0 Å². The van der Waals surface area contributed by atoms with Gasteiger partial charge in [0.2, 0.25) is 0 Å². The average Bonchev–Trinajstić information content (AvgIpc) is 2.42. The van der Waals surface area contributed by atoms with Gasteiger partial charge >= 0.3 is 0 Å². The molecular weight excluding hydrogens is 247 g/mol. The SMILES string of the molecule is Oc1ccc(C2C[C@H](O)c3ccccc3O2)cc1F. The lowest BCUT2D eigenvalue weighted by Gasteiger charge is -2.29. The topological polar surface area (TPSA) is 49.7 Å². The summed E-state index contributed by atoms with van der Waals surface area (Å²) in [5.41, 5.74) is 1.35. The number of phenolic OH excluding ortho intramolecular Hbond substituents is 1. The number of rotatable bonds is 1. The summed E-state index contributed by atoms with van der Waals surface area (Å²) in [5.74, 6) is -0.463. The Hall–Kier alpha value is -2.07. The normalized spacial score (nSPS) is 21.6. The number of hydrogen-bond acceptors (Lipinski definition) is 3. The molecule has 0 aliphatic carbocycles. The zero-order valence-electron chi connectivity index (χ0n) is 10.1. The van der Waals surface area contributed by atoms with Gasteiger partial charge in [0.1, 0.15) is 11.9 Å². The molecule has 2 aromatic rings. The quantitative estimate of drug-likeness (QED) is 0.828. The molecule has 0 spiro atoms. The van der Waals surface area contributed by atoms with Crippen LogP contribution < -0.4 is 4.74 Å². The summed E-state index contributed by atoms with van der Waals surface area (Å²) in [6.45, 7) is 0. The Balaban J connectivity index is 1.94. The second-order valence-electron chi connectivity index (χ2n) is 4.61. The fourth-order valence-electron chi connectivity index (χ4n) is 2.32. The van der Waals surface area contributed by atoms with E-state index in [2.05, 4.69) is 0 Å². The molecule has 0 saturated heterocycles. The highest BCUT2D eigenvalue weighted by Crippen LogP contribution is 2.40. The van der Waals surface area contributed by atoms with Gasteiger partial charge in [-0.1, -0.05) is 24.3 Å². The van der Waals surface area contributed by atoms with Gasteiger partial charge in [0.25, 0.3) is 0 Å². The molecule has 2 atom stereocenters. The van der Waals surface area contributed by atoms with E-state index < -0.39 is 18.0 Å². The van der Waals surface area contributed by atoms with E-state index in [4.69, 9.17) is 4.74 Å². The summed E-state index contributed by atoms with van der Waals surface area (Å²) in [6.07, 6.45) is -0.687. The van der Waals surface area contributed by atoms with Crippen molar-refractivity contribution < 1.29 is 19.3 Å². The van der Waals surface area contributed by atoms with Gasteiger partial charge in [-0.15, -0.1) is 0 Å². The number of fused-ring (bicyclic) bond motifs is 1. The molecule has 2 aromatic carbocycles. The highest BCUT2D eigenvalue weighted by Gasteiger charge is 2.28. The maximum absolute atomic E-state index is 13.4. The largest absolute Gasteiger partial charge is 0.505 e. The fourth-order valence-corrected chi connectivity index (χ4v) is 2.32. The number of aromatic hydroxyl groups is 1. The first kappa shape index (κ1) is 12.0. The highest BCUT2D eigenvalue weighted by atomic mass is 19.1. The molecule has 4 heteroatoms. The lowest BCUT2D eigenvalue weighted by Crippen LogP contribution is -2.19. The number of aliphatic hydroxyl groups excluding tert-OH is 1. The van der Waals surface area contributed by atoms with Crippen molar-refractivity contribution in [2.24, 2.45) is 0 Å². The molecule has 0 aromatic heterocycles. The summed E-state index contributed by atoms with van der Waals surface area (Å²) in [4.78, 5) is 0. The molecule has 1 heterocycles. The van der Waals surface area contributed by atoms with Crippen LogP contribution in [0.1, 0.15) is 29.8 Å². The van der Waals surface area contributed by atoms with E-state index in [-0.39, 0.29) is 5.75 Å². The standard InChI is InChI=1S/C15H13FO3/c16-11-7-9(5-6-12(11)17)15-8-13(18)10-3-1-2-4-14(10)19-15/h1-7,13,15,17-18H,8H2/t13-,15?/m0/s1. The highest BCUT2D eigenvalue weighted by molar-refractivity contribution is 5.39. The van der Waals surface area contributed by atoms with Crippen molar-refractivity contribution >= 4 is 0 Å². The molecule has 98 valence electrons. The minimum atomic E-state index is -0.686. The molecule has 0 amide bonds. The number of aliphatic hydroxyl groups is 1. The summed E-state index contributed by atoms with van der Waals surface area (Å²) in [6, 6.07) is 11.4. The lowest BCUT2D eigenvalue weighted by molar-refractivity contribution is 0.0656. The third-order valence-corrected chi connectivity index (χ3v) is 3.33. The second kappa shape index (κ2) is 4.55. The van der Waals surface area contributed by atoms with Gasteiger partial charge < -0.3 is 14.9 Å². The smallest absolute Gasteiger partial charge is 0.165 e. The van der Waals surface area contributed by atoms with Crippen LogP contribution in [0.15, 0.2) is 42.5 Å². The minimum absolute atomic E-state index is 0.362. The number of phenols is 1. The third kappa shape index (κ3) is 2.15. The van der Waals surface area contributed by atoms with Crippen molar-refractivity contribution in [1.29, 1.82) is 0 Å². The first-order chi connectivity index (χ1) is 9.15. The van der Waals surface area contributed by atoms with Crippen LogP contribution in [0.25, 0.3) is 0 Å². The number of halogens is 1. The third-order valence-electron chi connectivity index (χ3n) is 3.33. The molecular formula is C15H13FO3. The van der Waals surface area contributed by atoms with Crippen molar-refractivity contribution in [3.05, 3.63) is 59.4 Å². The first-order valence-corrected chi connectivity index (χ1v) is 6.07. The average molecular weight is 260 g/mol. The molecule has 0 saturated carbocycles. The molecule has 1 unspecified atom stereocenters.